The Bertz CT molecular complexity index is 935. The Balaban J connectivity index is 1.55. The molecule has 3 aromatic heterocycles. The molecule has 7 nitrogen and oxygen atoms in total. The number of hydrogen-bond donors (Lipinski definition) is 1. The fraction of sp³-hybridized carbons (Fsp3) is 0.421. The number of pyridine rings is 1. The third-order valence-corrected chi connectivity index (χ3v) is 4.91. The highest BCUT2D eigenvalue weighted by atomic mass is 16.5. The Morgan fingerprint density at radius 1 is 1.23 bits per heavy atom. The highest BCUT2D eigenvalue weighted by molar-refractivity contribution is 5.80. The largest absolute Gasteiger partial charge is 0.474 e. The molecule has 0 radical (unpaired) electrons. The normalized spacial score (nSPS) is 20.5. The molecule has 7 heteroatoms. The summed E-state index contributed by atoms with van der Waals surface area (Å²) >= 11 is 0. The predicted molar refractivity (Wildman–Crippen MR) is 99.5 cm³/mol. The lowest BCUT2D eigenvalue weighted by Crippen LogP contribution is -2.49. The number of fused-ring (bicyclic) bond motifs is 1. The van der Waals surface area contributed by atoms with Crippen LogP contribution in [0.4, 0.5) is 5.82 Å². The maximum Gasteiger partial charge on any atom is 0.221 e. The molecule has 0 unspecified atom stereocenters. The topological polar surface area (TPSA) is 67.6 Å². The number of hydrogen-bond acceptors (Lipinski definition) is 6. The van der Waals surface area contributed by atoms with E-state index >= 15 is 0 Å². The van der Waals surface area contributed by atoms with Gasteiger partial charge in [0.15, 0.2) is 5.65 Å². The molecule has 2 aliphatic rings. The first kappa shape index (κ1) is 15.6. The molecule has 4 heterocycles. The number of anilines is 1. The number of rotatable bonds is 4. The second kappa shape index (κ2) is 6.25. The summed E-state index contributed by atoms with van der Waals surface area (Å²) in [5.74, 6) is 1.66. The third kappa shape index (κ3) is 2.88. The van der Waals surface area contributed by atoms with E-state index in [2.05, 4.69) is 27.2 Å². The van der Waals surface area contributed by atoms with Gasteiger partial charge in [-0.15, -0.1) is 0 Å². The lowest BCUT2D eigenvalue weighted by atomic mass is 10.1. The molecule has 134 valence electrons. The molecule has 0 aromatic carbocycles. The van der Waals surface area contributed by atoms with Crippen LogP contribution in [0.5, 0.6) is 5.88 Å². The van der Waals surface area contributed by atoms with Crippen molar-refractivity contribution in [2.24, 2.45) is 0 Å². The van der Waals surface area contributed by atoms with Gasteiger partial charge in [-0.2, -0.15) is 5.10 Å². The van der Waals surface area contributed by atoms with Crippen molar-refractivity contribution in [2.75, 3.05) is 24.5 Å². The first-order chi connectivity index (χ1) is 12.8. The van der Waals surface area contributed by atoms with Gasteiger partial charge in [0.1, 0.15) is 11.9 Å². The van der Waals surface area contributed by atoms with Crippen LogP contribution >= 0.6 is 0 Å². The second-order valence-corrected chi connectivity index (χ2v) is 7.09. The van der Waals surface area contributed by atoms with E-state index in [1.807, 2.05) is 35.1 Å². The van der Waals surface area contributed by atoms with E-state index < -0.39 is 0 Å². The van der Waals surface area contributed by atoms with Gasteiger partial charge in [-0.25, -0.2) is 14.5 Å². The monoisotopic (exact) mass is 350 g/mol. The van der Waals surface area contributed by atoms with Gasteiger partial charge in [-0.1, -0.05) is 0 Å². The van der Waals surface area contributed by atoms with Crippen LogP contribution < -0.4 is 15.0 Å². The summed E-state index contributed by atoms with van der Waals surface area (Å²) in [5.41, 5.74) is 2.74. The average Bonchev–Trinajstić information content (AvgIpc) is 3.38. The molecule has 3 aromatic rings. The fourth-order valence-electron chi connectivity index (χ4n) is 3.40. The molecule has 1 aliphatic carbocycles. The van der Waals surface area contributed by atoms with Crippen molar-refractivity contribution in [1.82, 2.24) is 24.9 Å². The van der Waals surface area contributed by atoms with Crippen LogP contribution in [0.3, 0.4) is 0 Å². The smallest absolute Gasteiger partial charge is 0.221 e. The van der Waals surface area contributed by atoms with Crippen molar-refractivity contribution in [3.63, 3.8) is 0 Å². The van der Waals surface area contributed by atoms with Crippen molar-refractivity contribution in [3.05, 3.63) is 36.8 Å². The van der Waals surface area contributed by atoms with E-state index in [-0.39, 0.29) is 0 Å². The van der Waals surface area contributed by atoms with Gasteiger partial charge in [0, 0.05) is 43.6 Å². The van der Waals surface area contributed by atoms with Gasteiger partial charge in [0.25, 0.3) is 0 Å². The van der Waals surface area contributed by atoms with Crippen LogP contribution in [0, 0.1) is 0 Å². The molecule has 0 spiro atoms. The number of aromatic nitrogens is 4. The number of nitrogens with one attached hydrogen (secondary N) is 1. The minimum absolute atomic E-state index is 0.302. The molecule has 1 saturated heterocycles. The highest BCUT2D eigenvalue weighted by Gasteiger charge is 2.26. The summed E-state index contributed by atoms with van der Waals surface area (Å²) in [6.07, 6.45) is 8.11. The third-order valence-electron chi connectivity index (χ3n) is 4.91. The quantitative estimate of drug-likeness (QED) is 0.777. The Hall–Kier alpha value is -2.67. The predicted octanol–water partition coefficient (Wildman–Crippen LogP) is 2.13. The lowest BCUT2D eigenvalue weighted by molar-refractivity contribution is 0.292. The first-order valence-corrected chi connectivity index (χ1v) is 9.23. The molecule has 0 amide bonds. The molecule has 1 saturated carbocycles. The summed E-state index contributed by atoms with van der Waals surface area (Å²) in [4.78, 5) is 11.7. The van der Waals surface area contributed by atoms with Crippen molar-refractivity contribution >= 4 is 11.5 Å². The molecule has 26 heavy (non-hydrogen) atoms. The molecular formula is C19H22N6O. The first-order valence-electron chi connectivity index (χ1n) is 9.23. The molecule has 1 aliphatic heterocycles. The summed E-state index contributed by atoms with van der Waals surface area (Å²) in [6, 6.07) is 6.46. The van der Waals surface area contributed by atoms with Gasteiger partial charge >= 0.3 is 0 Å². The van der Waals surface area contributed by atoms with E-state index in [0.717, 1.165) is 55.1 Å². The van der Waals surface area contributed by atoms with Crippen LogP contribution in [0.2, 0.25) is 0 Å². The van der Waals surface area contributed by atoms with Crippen LogP contribution in [-0.2, 0) is 0 Å². The molecule has 5 rings (SSSR count). The van der Waals surface area contributed by atoms with E-state index in [0.29, 0.717) is 18.0 Å². The summed E-state index contributed by atoms with van der Waals surface area (Å²) < 4.78 is 7.81. The Labute approximate surface area is 152 Å². The molecule has 1 atom stereocenters. The SMILES string of the molecule is C[C@@H]1CN(c2ccn3ncc(-c4cccnc4OC4CC4)c3n2)CCN1. The summed E-state index contributed by atoms with van der Waals surface area (Å²) in [5, 5.41) is 7.94. The molecule has 0 bridgehead atoms. The number of ether oxygens (including phenoxy) is 1. The Morgan fingerprint density at radius 3 is 3.00 bits per heavy atom. The molecule has 2 fully saturated rings. The lowest BCUT2D eigenvalue weighted by Gasteiger charge is -2.32. The van der Waals surface area contributed by atoms with Gasteiger partial charge in [0.05, 0.1) is 11.8 Å². The van der Waals surface area contributed by atoms with E-state index in [4.69, 9.17) is 9.72 Å². The second-order valence-electron chi connectivity index (χ2n) is 7.09. The Morgan fingerprint density at radius 2 is 2.15 bits per heavy atom. The standard InChI is InChI=1S/C19H22N6O/c1-13-12-24(10-8-20-13)17-6-9-25-18(23-17)16(11-22-25)15-3-2-7-21-19(15)26-14-4-5-14/h2-3,6-7,9,11,13-14,20H,4-5,8,10,12H2,1H3/t13-/m1/s1. The number of piperazine rings is 1. The maximum absolute atomic E-state index is 6.00. The Kier molecular flexibility index (Phi) is 3.74. The highest BCUT2D eigenvalue weighted by Crippen LogP contribution is 2.34. The van der Waals surface area contributed by atoms with Gasteiger partial charge in [-0.3, -0.25) is 0 Å². The maximum atomic E-state index is 6.00. The van der Waals surface area contributed by atoms with Crippen molar-refractivity contribution in [3.8, 4) is 17.0 Å². The van der Waals surface area contributed by atoms with Crippen molar-refractivity contribution in [1.29, 1.82) is 0 Å². The zero-order valence-electron chi connectivity index (χ0n) is 14.8. The van der Waals surface area contributed by atoms with Crippen molar-refractivity contribution < 1.29 is 4.74 Å². The summed E-state index contributed by atoms with van der Waals surface area (Å²) in [6.45, 7) is 5.09. The zero-order valence-corrected chi connectivity index (χ0v) is 14.8. The van der Waals surface area contributed by atoms with Gasteiger partial charge in [-0.05, 0) is 38.0 Å². The summed E-state index contributed by atoms with van der Waals surface area (Å²) in [7, 11) is 0. The van der Waals surface area contributed by atoms with Crippen LogP contribution in [-0.4, -0.2) is 51.4 Å². The minimum Gasteiger partial charge on any atom is -0.474 e. The van der Waals surface area contributed by atoms with Crippen LogP contribution in [0.15, 0.2) is 36.8 Å². The van der Waals surface area contributed by atoms with E-state index in [9.17, 15) is 0 Å². The molecular weight excluding hydrogens is 328 g/mol. The van der Waals surface area contributed by atoms with Crippen LogP contribution in [0.25, 0.3) is 16.8 Å². The fourth-order valence-corrected chi connectivity index (χ4v) is 3.40. The zero-order chi connectivity index (χ0) is 17.5. The van der Waals surface area contributed by atoms with Crippen molar-refractivity contribution in [2.45, 2.75) is 31.9 Å². The minimum atomic E-state index is 0.302. The van der Waals surface area contributed by atoms with Gasteiger partial charge < -0.3 is 15.0 Å². The van der Waals surface area contributed by atoms with E-state index in [1.165, 1.54) is 0 Å². The molecule has 1 N–H and O–H groups in total. The van der Waals surface area contributed by atoms with Gasteiger partial charge in [0.2, 0.25) is 5.88 Å². The van der Waals surface area contributed by atoms with E-state index in [1.54, 1.807) is 6.20 Å². The van der Waals surface area contributed by atoms with Crippen LogP contribution in [0.1, 0.15) is 19.8 Å². The number of nitrogens with zero attached hydrogens (tertiary/aromatic N) is 5. The average molecular weight is 350 g/mol.